The maximum Gasteiger partial charge on any atom is 0.234 e. The highest BCUT2D eigenvalue weighted by atomic mass is 32.2. The summed E-state index contributed by atoms with van der Waals surface area (Å²) >= 11 is 1.27. The number of nitrogens with one attached hydrogen (secondary N) is 1. The molecule has 0 saturated carbocycles. The molecule has 6 nitrogen and oxygen atoms in total. The van der Waals surface area contributed by atoms with E-state index in [1.165, 1.54) is 23.9 Å². The number of benzene rings is 3. The number of hydrogen-bond acceptors (Lipinski definition) is 5. The Morgan fingerprint density at radius 2 is 1.72 bits per heavy atom. The first-order valence-electron chi connectivity index (χ1n) is 11.8. The minimum atomic E-state index is -0.579. The predicted octanol–water partition coefficient (Wildman–Crippen LogP) is 4.76. The van der Waals surface area contributed by atoms with Crippen LogP contribution in [0.2, 0.25) is 0 Å². The molecule has 1 aliphatic rings. The summed E-state index contributed by atoms with van der Waals surface area (Å²) in [6.07, 6.45) is 1.42. The molecule has 1 aliphatic heterocycles. The summed E-state index contributed by atoms with van der Waals surface area (Å²) in [4.78, 5) is 32.3. The van der Waals surface area contributed by atoms with Crippen molar-refractivity contribution < 1.29 is 18.7 Å². The van der Waals surface area contributed by atoms with Crippen LogP contribution in [-0.2, 0) is 22.4 Å². The van der Waals surface area contributed by atoms with Crippen LogP contribution in [0.15, 0.2) is 83.9 Å². The number of hydrogen-bond donors (Lipinski definition) is 1. The minimum Gasteiger partial charge on any atom is -0.497 e. The molecular weight excluding hydrogens is 477 g/mol. The maximum absolute atomic E-state index is 13.4. The molecule has 1 heterocycles. The second-order valence-corrected chi connectivity index (χ2v) is 9.52. The van der Waals surface area contributed by atoms with Crippen molar-refractivity contribution in [1.29, 1.82) is 0 Å². The SMILES string of the molecule is COc1ccc(CCN2C(=O)C[C@@H](C(=O)NCCc3ccccc3)SC2=Nc2ccc(F)cc2)cc1. The topological polar surface area (TPSA) is 71.0 Å². The molecule has 0 aliphatic carbocycles. The number of carbonyl (C=O) groups excluding carboxylic acids is 2. The van der Waals surface area contributed by atoms with Gasteiger partial charge in [-0.05, 0) is 60.4 Å². The number of nitrogens with zero attached hydrogens (tertiary/aromatic N) is 2. The number of methoxy groups -OCH3 is 1. The molecule has 36 heavy (non-hydrogen) atoms. The standard InChI is InChI=1S/C28H28FN3O3S/c1-35-24-13-7-21(8-14-24)16-18-32-26(33)19-25(27(34)30-17-15-20-5-3-2-4-6-20)36-28(32)31-23-11-9-22(29)10-12-23/h2-14,25H,15-19H2,1H3,(H,30,34)/t25-/m0/s1. The van der Waals surface area contributed by atoms with E-state index in [2.05, 4.69) is 10.3 Å². The van der Waals surface area contributed by atoms with Crippen molar-refractivity contribution in [2.24, 2.45) is 4.99 Å². The third-order valence-electron chi connectivity index (χ3n) is 5.82. The molecule has 4 rings (SSSR count). The number of amidine groups is 1. The maximum atomic E-state index is 13.4. The van der Waals surface area contributed by atoms with Crippen molar-refractivity contribution in [3.63, 3.8) is 0 Å². The van der Waals surface area contributed by atoms with Crippen molar-refractivity contribution >= 4 is 34.4 Å². The van der Waals surface area contributed by atoms with Gasteiger partial charge in [0.15, 0.2) is 5.17 Å². The van der Waals surface area contributed by atoms with Gasteiger partial charge in [0.2, 0.25) is 11.8 Å². The Balaban J connectivity index is 1.45. The summed E-state index contributed by atoms with van der Waals surface area (Å²) in [5, 5.41) is 2.81. The molecule has 186 valence electrons. The van der Waals surface area contributed by atoms with E-state index < -0.39 is 5.25 Å². The Kier molecular flexibility index (Phi) is 8.73. The zero-order valence-electron chi connectivity index (χ0n) is 20.0. The average Bonchev–Trinajstić information content (AvgIpc) is 2.90. The van der Waals surface area contributed by atoms with E-state index in [-0.39, 0.29) is 24.1 Å². The molecule has 0 radical (unpaired) electrons. The second-order valence-electron chi connectivity index (χ2n) is 8.35. The number of ether oxygens (including phenoxy) is 1. The van der Waals surface area contributed by atoms with E-state index in [0.717, 1.165) is 16.9 Å². The largest absolute Gasteiger partial charge is 0.497 e. The van der Waals surface area contributed by atoms with Crippen LogP contribution in [0.3, 0.4) is 0 Å². The second kappa shape index (κ2) is 12.4. The first-order valence-corrected chi connectivity index (χ1v) is 12.7. The van der Waals surface area contributed by atoms with Crippen LogP contribution in [0.4, 0.5) is 10.1 Å². The van der Waals surface area contributed by atoms with Crippen LogP contribution >= 0.6 is 11.8 Å². The number of thioether (sulfide) groups is 1. The molecule has 0 bridgehead atoms. The van der Waals surface area contributed by atoms with E-state index in [1.807, 2.05) is 54.6 Å². The fourth-order valence-corrected chi connectivity index (χ4v) is 4.96. The first-order chi connectivity index (χ1) is 17.5. The summed E-state index contributed by atoms with van der Waals surface area (Å²) < 4.78 is 18.6. The monoisotopic (exact) mass is 505 g/mol. The number of aliphatic imine (C=N–C) groups is 1. The van der Waals surface area contributed by atoms with Crippen LogP contribution in [0, 0.1) is 5.82 Å². The Morgan fingerprint density at radius 3 is 2.42 bits per heavy atom. The van der Waals surface area contributed by atoms with Crippen molar-refractivity contribution in [2.75, 3.05) is 20.2 Å². The molecule has 1 saturated heterocycles. The van der Waals surface area contributed by atoms with Crippen LogP contribution < -0.4 is 10.1 Å². The normalized spacial score (nSPS) is 16.7. The highest BCUT2D eigenvalue weighted by molar-refractivity contribution is 8.15. The molecule has 0 unspecified atom stereocenters. The summed E-state index contributed by atoms with van der Waals surface area (Å²) in [7, 11) is 1.62. The van der Waals surface area contributed by atoms with Gasteiger partial charge >= 0.3 is 0 Å². The Hall–Kier alpha value is -3.65. The molecule has 0 aromatic heterocycles. The summed E-state index contributed by atoms with van der Waals surface area (Å²) in [5.74, 6) is 0.0543. The summed E-state index contributed by atoms with van der Waals surface area (Å²) in [6, 6.07) is 23.3. The molecule has 3 aromatic rings. The third-order valence-corrected chi connectivity index (χ3v) is 7.01. The average molecular weight is 506 g/mol. The van der Waals surface area contributed by atoms with E-state index >= 15 is 0 Å². The van der Waals surface area contributed by atoms with Crippen LogP contribution in [0.5, 0.6) is 5.75 Å². The predicted molar refractivity (Wildman–Crippen MR) is 141 cm³/mol. The molecule has 0 spiro atoms. The van der Waals surface area contributed by atoms with Crippen LogP contribution in [-0.4, -0.2) is 47.3 Å². The van der Waals surface area contributed by atoms with Gasteiger partial charge in [-0.3, -0.25) is 14.5 Å². The number of carbonyl (C=O) groups is 2. The summed E-state index contributed by atoms with van der Waals surface area (Å²) in [6.45, 7) is 0.903. The van der Waals surface area contributed by atoms with Gasteiger partial charge in [0, 0.05) is 19.5 Å². The third kappa shape index (κ3) is 6.95. The molecule has 3 aromatic carbocycles. The Morgan fingerprint density at radius 1 is 1.03 bits per heavy atom. The zero-order chi connectivity index (χ0) is 25.3. The van der Waals surface area contributed by atoms with Gasteiger partial charge in [0.05, 0.1) is 18.0 Å². The lowest BCUT2D eigenvalue weighted by Crippen LogP contribution is -2.47. The lowest BCUT2D eigenvalue weighted by Gasteiger charge is -2.32. The van der Waals surface area contributed by atoms with Crippen molar-refractivity contribution in [1.82, 2.24) is 10.2 Å². The molecule has 1 atom stereocenters. The van der Waals surface area contributed by atoms with Gasteiger partial charge in [0.1, 0.15) is 11.6 Å². The molecule has 8 heteroatoms. The smallest absolute Gasteiger partial charge is 0.234 e. The lowest BCUT2D eigenvalue weighted by molar-refractivity contribution is -0.130. The Labute approximate surface area is 214 Å². The van der Waals surface area contributed by atoms with Gasteiger partial charge in [0.25, 0.3) is 0 Å². The van der Waals surface area contributed by atoms with E-state index in [9.17, 15) is 14.0 Å². The quantitative estimate of drug-likeness (QED) is 0.455. The van der Waals surface area contributed by atoms with E-state index in [4.69, 9.17) is 4.74 Å². The van der Waals surface area contributed by atoms with Crippen LogP contribution in [0.1, 0.15) is 17.5 Å². The van der Waals surface area contributed by atoms with Crippen LogP contribution in [0.25, 0.3) is 0 Å². The van der Waals surface area contributed by atoms with E-state index in [0.29, 0.717) is 36.8 Å². The highest BCUT2D eigenvalue weighted by Gasteiger charge is 2.35. The number of rotatable bonds is 9. The van der Waals surface area contributed by atoms with Gasteiger partial charge in [-0.15, -0.1) is 0 Å². The van der Waals surface area contributed by atoms with E-state index in [1.54, 1.807) is 24.1 Å². The van der Waals surface area contributed by atoms with Gasteiger partial charge in [-0.2, -0.15) is 0 Å². The molecule has 2 amide bonds. The fraction of sp³-hybridized carbons (Fsp3) is 0.250. The zero-order valence-corrected chi connectivity index (χ0v) is 20.8. The van der Waals surface area contributed by atoms with Gasteiger partial charge in [-0.1, -0.05) is 54.2 Å². The van der Waals surface area contributed by atoms with Crippen molar-refractivity contribution in [3.8, 4) is 5.75 Å². The minimum absolute atomic E-state index is 0.0902. The Bertz CT molecular complexity index is 1200. The molecule has 1 fully saturated rings. The lowest BCUT2D eigenvalue weighted by atomic mass is 10.1. The first kappa shape index (κ1) is 25.4. The van der Waals surface area contributed by atoms with Crippen molar-refractivity contribution in [3.05, 3.63) is 95.8 Å². The summed E-state index contributed by atoms with van der Waals surface area (Å²) in [5.41, 5.74) is 2.70. The van der Waals surface area contributed by atoms with Crippen molar-refractivity contribution in [2.45, 2.75) is 24.5 Å². The van der Waals surface area contributed by atoms with Gasteiger partial charge < -0.3 is 10.1 Å². The molecule has 1 N–H and O–H groups in total. The van der Waals surface area contributed by atoms with Gasteiger partial charge in [-0.25, -0.2) is 9.38 Å². The number of halogens is 1. The highest BCUT2D eigenvalue weighted by Crippen LogP contribution is 2.29. The fourth-order valence-electron chi connectivity index (χ4n) is 3.81. The number of amides is 2. The molecular formula is C28H28FN3O3S.